The number of hydrogen-bond donors (Lipinski definition) is 1. The van der Waals surface area contributed by atoms with E-state index in [2.05, 4.69) is 9.80 Å². The molecule has 0 spiro atoms. The fourth-order valence-corrected chi connectivity index (χ4v) is 2.98. The number of piperidine rings is 1. The summed E-state index contributed by atoms with van der Waals surface area (Å²) in [6.45, 7) is 6.76. The molecule has 18 heavy (non-hydrogen) atoms. The van der Waals surface area contributed by atoms with Gasteiger partial charge in [-0.15, -0.1) is 12.4 Å². The van der Waals surface area contributed by atoms with Crippen LogP contribution in [0.3, 0.4) is 0 Å². The zero-order valence-corrected chi connectivity index (χ0v) is 11.8. The fourth-order valence-electron chi connectivity index (χ4n) is 2.98. The first-order valence-corrected chi connectivity index (χ1v) is 6.90. The van der Waals surface area contributed by atoms with E-state index in [1.165, 1.54) is 45.3 Å². The van der Waals surface area contributed by atoms with Crippen LogP contribution in [0.5, 0.6) is 0 Å². The van der Waals surface area contributed by atoms with E-state index in [9.17, 15) is 4.79 Å². The van der Waals surface area contributed by atoms with Gasteiger partial charge in [-0.05, 0) is 57.8 Å². The van der Waals surface area contributed by atoms with Crippen LogP contribution >= 0.6 is 12.4 Å². The normalized spacial score (nSPS) is 22.9. The largest absolute Gasteiger partial charge is 0.481 e. The number of aliphatic carboxylic acids is 1. The molecule has 2 fully saturated rings. The minimum atomic E-state index is -0.677. The molecule has 0 radical (unpaired) electrons. The van der Waals surface area contributed by atoms with Crippen molar-refractivity contribution in [1.82, 2.24) is 9.80 Å². The molecule has 0 atom stereocenters. The minimum absolute atomic E-state index is 0. The van der Waals surface area contributed by atoms with Crippen LogP contribution in [0.4, 0.5) is 0 Å². The van der Waals surface area contributed by atoms with Gasteiger partial charge >= 0.3 is 5.97 Å². The van der Waals surface area contributed by atoms with E-state index in [1.54, 1.807) is 0 Å². The quantitative estimate of drug-likeness (QED) is 0.830. The molecule has 1 N–H and O–H groups in total. The van der Waals surface area contributed by atoms with Crippen LogP contribution in [0.1, 0.15) is 32.1 Å². The molecule has 0 saturated carbocycles. The van der Waals surface area contributed by atoms with Gasteiger partial charge in [0.25, 0.3) is 0 Å². The van der Waals surface area contributed by atoms with Crippen LogP contribution in [-0.2, 0) is 4.79 Å². The molecule has 2 rings (SSSR count). The third-order valence-corrected chi connectivity index (χ3v) is 4.06. The molecule has 2 aliphatic heterocycles. The Morgan fingerprint density at radius 2 is 1.67 bits per heavy atom. The van der Waals surface area contributed by atoms with E-state index in [4.69, 9.17) is 5.11 Å². The summed E-state index contributed by atoms with van der Waals surface area (Å²) >= 11 is 0. The van der Waals surface area contributed by atoms with E-state index in [1.807, 2.05) is 0 Å². The van der Waals surface area contributed by atoms with Gasteiger partial charge in [-0.25, -0.2) is 0 Å². The highest BCUT2D eigenvalue weighted by molar-refractivity contribution is 5.85. The molecule has 2 saturated heterocycles. The second kappa shape index (κ2) is 7.97. The number of hydrogen-bond acceptors (Lipinski definition) is 3. The average Bonchev–Trinajstić information content (AvgIpc) is 2.81. The smallest absolute Gasteiger partial charge is 0.304 e. The van der Waals surface area contributed by atoms with Crippen LogP contribution in [-0.4, -0.2) is 60.1 Å². The summed E-state index contributed by atoms with van der Waals surface area (Å²) in [7, 11) is 0. The zero-order chi connectivity index (χ0) is 12.1. The van der Waals surface area contributed by atoms with Gasteiger partial charge in [-0.1, -0.05) is 0 Å². The number of carboxylic acids is 1. The van der Waals surface area contributed by atoms with Gasteiger partial charge in [0.2, 0.25) is 0 Å². The van der Waals surface area contributed by atoms with Crippen molar-refractivity contribution in [3.63, 3.8) is 0 Å². The summed E-state index contributed by atoms with van der Waals surface area (Å²) in [6.07, 6.45) is 5.53. The molecule has 2 heterocycles. The molecule has 0 aliphatic carbocycles. The first kappa shape index (κ1) is 15.7. The van der Waals surface area contributed by atoms with Crippen molar-refractivity contribution in [2.75, 3.05) is 39.3 Å². The lowest BCUT2D eigenvalue weighted by Crippen LogP contribution is -2.38. The Balaban J connectivity index is 0.00000162. The SMILES string of the molecule is Cl.O=C(O)CCN1CCC(CN2CCCC2)CC1. The van der Waals surface area contributed by atoms with Gasteiger partial charge in [-0.2, -0.15) is 0 Å². The third kappa shape index (κ3) is 5.12. The Hall–Kier alpha value is -0.320. The van der Waals surface area contributed by atoms with Crippen molar-refractivity contribution in [3.8, 4) is 0 Å². The van der Waals surface area contributed by atoms with Crippen LogP contribution in [0, 0.1) is 5.92 Å². The predicted molar refractivity (Wildman–Crippen MR) is 74.3 cm³/mol. The van der Waals surface area contributed by atoms with Crippen molar-refractivity contribution in [1.29, 1.82) is 0 Å². The zero-order valence-electron chi connectivity index (χ0n) is 11.0. The average molecular weight is 277 g/mol. The summed E-state index contributed by atoms with van der Waals surface area (Å²) in [5.41, 5.74) is 0. The summed E-state index contributed by atoms with van der Waals surface area (Å²) in [6, 6.07) is 0. The molecular weight excluding hydrogens is 252 g/mol. The van der Waals surface area contributed by atoms with Crippen LogP contribution in [0.15, 0.2) is 0 Å². The summed E-state index contributed by atoms with van der Waals surface area (Å²) in [5, 5.41) is 8.65. The monoisotopic (exact) mass is 276 g/mol. The van der Waals surface area contributed by atoms with Gasteiger partial charge in [0, 0.05) is 13.1 Å². The Morgan fingerprint density at radius 1 is 1.06 bits per heavy atom. The highest BCUT2D eigenvalue weighted by Gasteiger charge is 2.22. The van der Waals surface area contributed by atoms with Crippen molar-refractivity contribution < 1.29 is 9.90 Å². The molecule has 0 aromatic heterocycles. The lowest BCUT2D eigenvalue weighted by molar-refractivity contribution is -0.137. The van der Waals surface area contributed by atoms with Gasteiger partial charge in [-0.3, -0.25) is 4.79 Å². The Kier molecular flexibility index (Phi) is 6.97. The molecule has 0 unspecified atom stereocenters. The van der Waals surface area contributed by atoms with Gasteiger partial charge in [0.1, 0.15) is 0 Å². The maximum atomic E-state index is 10.5. The highest BCUT2D eigenvalue weighted by atomic mass is 35.5. The first-order chi connectivity index (χ1) is 8.24. The molecule has 4 nitrogen and oxygen atoms in total. The molecule has 0 bridgehead atoms. The predicted octanol–water partition coefficient (Wildman–Crippen LogP) is 1.69. The lowest BCUT2D eigenvalue weighted by atomic mass is 9.96. The number of carboxylic acid groups (broad SMARTS) is 1. The van der Waals surface area contributed by atoms with Crippen molar-refractivity contribution in [2.45, 2.75) is 32.1 Å². The lowest BCUT2D eigenvalue weighted by Gasteiger charge is -2.33. The van der Waals surface area contributed by atoms with Gasteiger partial charge < -0.3 is 14.9 Å². The minimum Gasteiger partial charge on any atom is -0.481 e. The van der Waals surface area contributed by atoms with E-state index in [-0.39, 0.29) is 18.8 Å². The van der Waals surface area contributed by atoms with Gasteiger partial charge in [0.15, 0.2) is 0 Å². The molecule has 0 amide bonds. The second-order valence-electron chi connectivity index (χ2n) is 5.44. The Labute approximate surface area is 116 Å². The van der Waals surface area contributed by atoms with E-state index >= 15 is 0 Å². The van der Waals surface area contributed by atoms with Gasteiger partial charge in [0.05, 0.1) is 6.42 Å². The molecule has 106 valence electrons. The first-order valence-electron chi connectivity index (χ1n) is 6.90. The highest BCUT2D eigenvalue weighted by Crippen LogP contribution is 2.20. The van der Waals surface area contributed by atoms with E-state index < -0.39 is 5.97 Å². The summed E-state index contributed by atoms with van der Waals surface area (Å²) in [4.78, 5) is 15.4. The summed E-state index contributed by atoms with van der Waals surface area (Å²) < 4.78 is 0. The molecule has 0 aromatic rings. The molecular formula is C13H25ClN2O2. The van der Waals surface area contributed by atoms with Crippen LogP contribution < -0.4 is 0 Å². The topological polar surface area (TPSA) is 43.8 Å². The third-order valence-electron chi connectivity index (χ3n) is 4.06. The van der Waals surface area contributed by atoms with Crippen molar-refractivity contribution in [2.24, 2.45) is 5.92 Å². The number of rotatable bonds is 5. The maximum Gasteiger partial charge on any atom is 0.304 e. The van der Waals surface area contributed by atoms with Crippen LogP contribution in [0.2, 0.25) is 0 Å². The fraction of sp³-hybridized carbons (Fsp3) is 0.923. The number of likely N-dealkylation sites (tertiary alicyclic amines) is 2. The standard InChI is InChI=1S/C13H24N2O2.ClH/c16-13(17)5-10-14-8-3-12(4-9-14)11-15-6-1-2-7-15;/h12H,1-11H2,(H,16,17);1H. The van der Waals surface area contributed by atoms with Crippen LogP contribution in [0.25, 0.3) is 0 Å². The van der Waals surface area contributed by atoms with E-state index in [0.717, 1.165) is 25.6 Å². The number of carbonyl (C=O) groups is 1. The Bertz CT molecular complexity index is 249. The molecule has 2 aliphatic rings. The Morgan fingerprint density at radius 3 is 2.22 bits per heavy atom. The molecule has 5 heteroatoms. The molecule has 0 aromatic carbocycles. The number of halogens is 1. The summed E-state index contributed by atoms with van der Waals surface area (Å²) in [5.74, 6) is 0.165. The second-order valence-corrected chi connectivity index (χ2v) is 5.44. The van der Waals surface area contributed by atoms with Crippen molar-refractivity contribution in [3.05, 3.63) is 0 Å². The maximum absolute atomic E-state index is 10.5. The number of nitrogens with zero attached hydrogens (tertiary/aromatic N) is 2. The van der Waals surface area contributed by atoms with Crippen molar-refractivity contribution >= 4 is 18.4 Å². The van der Waals surface area contributed by atoms with E-state index in [0.29, 0.717) is 0 Å².